The Hall–Kier alpha value is -2.99. The lowest BCUT2D eigenvalue weighted by Gasteiger charge is -2.06. The molecule has 0 unspecified atom stereocenters. The first-order valence-corrected chi connectivity index (χ1v) is 8.60. The van der Waals surface area contributed by atoms with Crippen molar-refractivity contribution >= 4 is 5.97 Å². The molecule has 3 rings (SSSR count). The predicted octanol–water partition coefficient (Wildman–Crippen LogP) is 3.33. The van der Waals surface area contributed by atoms with Crippen LogP contribution in [0.5, 0.6) is 0 Å². The van der Waals surface area contributed by atoms with E-state index < -0.39 is 5.97 Å². The number of aromatic carboxylic acids is 1. The number of aryl methyl sites for hydroxylation is 1. The summed E-state index contributed by atoms with van der Waals surface area (Å²) >= 11 is 0. The third kappa shape index (κ3) is 4.55. The lowest BCUT2D eigenvalue weighted by molar-refractivity contribution is 0.0696. The largest absolute Gasteiger partial charge is 0.478 e. The average Bonchev–Trinajstić information content (AvgIpc) is 3.15. The Labute approximate surface area is 151 Å². The van der Waals surface area contributed by atoms with Crippen LogP contribution in [-0.2, 0) is 19.4 Å². The van der Waals surface area contributed by atoms with Gasteiger partial charge in [0.15, 0.2) is 5.82 Å². The second-order valence-electron chi connectivity index (χ2n) is 6.00. The van der Waals surface area contributed by atoms with Crippen LogP contribution >= 0.6 is 0 Å². The summed E-state index contributed by atoms with van der Waals surface area (Å²) in [7, 11) is 0. The number of carboxylic acids is 1. The molecule has 2 N–H and O–H groups in total. The molecule has 0 atom stereocenters. The van der Waals surface area contributed by atoms with E-state index in [1.165, 1.54) is 5.56 Å². The maximum Gasteiger partial charge on any atom is 0.335 e. The normalized spacial score (nSPS) is 10.8. The van der Waals surface area contributed by atoms with Crippen LogP contribution in [0.3, 0.4) is 0 Å². The molecule has 6 heteroatoms. The quantitative estimate of drug-likeness (QED) is 0.605. The first-order chi connectivity index (χ1) is 12.7. The molecule has 134 valence electrons. The van der Waals surface area contributed by atoms with Crippen LogP contribution in [0.1, 0.15) is 34.2 Å². The van der Waals surface area contributed by atoms with Crippen molar-refractivity contribution in [2.24, 2.45) is 0 Å². The smallest absolute Gasteiger partial charge is 0.335 e. The summed E-state index contributed by atoms with van der Waals surface area (Å²) in [6.07, 6.45) is 1.63. The molecule has 0 saturated heterocycles. The maximum atomic E-state index is 11.0. The Morgan fingerprint density at radius 2 is 1.96 bits per heavy atom. The molecule has 1 aromatic heterocycles. The van der Waals surface area contributed by atoms with Crippen LogP contribution < -0.4 is 5.32 Å². The zero-order valence-corrected chi connectivity index (χ0v) is 14.6. The van der Waals surface area contributed by atoms with Crippen LogP contribution in [-0.4, -0.2) is 27.8 Å². The van der Waals surface area contributed by atoms with Gasteiger partial charge in [0.25, 0.3) is 5.89 Å². The van der Waals surface area contributed by atoms with Gasteiger partial charge in [-0.15, -0.1) is 0 Å². The van der Waals surface area contributed by atoms with E-state index in [0.717, 1.165) is 30.5 Å². The molecule has 0 radical (unpaired) electrons. The van der Waals surface area contributed by atoms with E-state index in [9.17, 15) is 4.79 Å². The third-order valence-electron chi connectivity index (χ3n) is 4.08. The number of hydrogen-bond acceptors (Lipinski definition) is 5. The number of hydrogen-bond donors (Lipinski definition) is 2. The summed E-state index contributed by atoms with van der Waals surface area (Å²) in [6.45, 7) is 3.43. The molecular formula is C20H21N3O3. The molecule has 2 aromatic carbocycles. The van der Waals surface area contributed by atoms with Crippen molar-refractivity contribution in [3.8, 4) is 11.5 Å². The zero-order valence-electron chi connectivity index (χ0n) is 14.6. The molecule has 0 spiro atoms. The van der Waals surface area contributed by atoms with Crippen molar-refractivity contribution in [3.05, 3.63) is 71.0 Å². The molecule has 0 aliphatic carbocycles. The molecule has 0 fully saturated rings. The number of nitrogens with zero attached hydrogens (tertiary/aromatic N) is 2. The Kier molecular flexibility index (Phi) is 5.76. The Morgan fingerprint density at radius 3 is 2.65 bits per heavy atom. The maximum absolute atomic E-state index is 11.0. The van der Waals surface area contributed by atoms with Crippen molar-refractivity contribution in [2.45, 2.75) is 26.3 Å². The Bertz CT molecular complexity index is 872. The van der Waals surface area contributed by atoms with Gasteiger partial charge in [-0.25, -0.2) is 4.79 Å². The number of carbonyl (C=O) groups is 1. The summed E-state index contributed by atoms with van der Waals surface area (Å²) in [5.41, 5.74) is 3.39. The number of nitrogens with one attached hydrogen (secondary N) is 1. The average molecular weight is 351 g/mol. The molecule has 0 amide bonds. The second-order valence-corrected chi connectivity index (χ2v) is 6.00. The van der Waals surface area contributed by atoms with Crippen molar-refractivity contribution in [2.75, 3.05) is 6.54 Å². The number of benzene rings is 2. The van der Waals surface area contributed by atoms with Gasteiger partial charge in [-0.05, 0) is 48.4 Å². The summed E-state index contributed by atoms with van der Waals surface area (Å²) in [4.78, 5) is 15.3. The molecule has 0 bridgehead atoms. The standard InChI is InChI=1S/C20H21N3O3/c1-2-18-22-19(26-23-18)16-8-6-14(7-9-16)10-11-21-13-15-4-3-5-17(12-15)20(24)25/h3-9,12,21H,2,10-11,13H2,1H3,(H,24,25). The van der Waals surface area contributed by atoms with Gasteiger partial charge in [-0.1, -0.05) is 36.3 Å². The summed E-state index contributed by atoms with van der Waals surface area (Å²) in [5, 5.41) is 16.3. The summed E-state index contributed by atoms with van der Waals surface area (Å²) in [6, 6.07) is 15.1. The fraction of sp³-hybridized carbons (Fsp3) is 0.250. The van der Waals surface area contributed by atoms with E-state index >= 15 is 0 Å². The number of carboxylic acid groups (broad SMARTS) is 1. The highest BCUT2D eigenvalue weighted by Gasteiger charge is 2.07. The van der Waals surface area contributed by atoms with Crippen LogP contribution in [0, 0.1) is 0 Å². The van der Waals surface area contributed by atoms with Gasteiger partial charge in [-0.2, -0.15) is 4.98 Å². The van der Waals surface area contributed by atoms with Crippen molar-refractivity contribution < 1.29 is 14.4 Å². The lowest BCUT2D eigenvalue weighted by atomic mass is 10.1. The highest BCUT2D eigenvalue weighted by atomic mass is 16.5. The minimum absolute atomic E-state index is 0.312. The van der Waals surface area contributed by atoms with Crippen LogP contribution in [0.15, 0.2) is 53.1 Å². The van der Waals surface area contributed by atoms with Gasteiger partial charge >= 0.3 is 5.97 Å². The molecule has 3 aromatic rings. The van der Waals surface area contributed by atoms with Crippen molar-refractivity contribution in [1.29, 1.82) is 0 Å². The first kappa shape index (κ1) is 17.8. The molecule has 0 aliphatic heterocycles. The molecule has 0 saturated carbocycles. The second kappa shape index (κ2) is 8.40. The summed E-state index contributed by atoms with van der Waals surface area (Å²) < 4.78 is 5.24. The number of aromatic nitrogens is 2. The highest BCUT2D eigenvalue weighted by molar-refractivity contribution is 5.87. The SMILES string of the molecule is CCc1noc(-c2ccc(CCNCc3cccc(C(=O)O)c3)cc2)n1. The molecule has 1 heterocycles. The zero-order chi connectivity index (χ0) is 18.4. The monoisotopic (exact) mass is 351 g/mol. The van der Waals surface area contributed by atoms with Crippen LogP contribution in [0.2, 0.25) is 0 Å². The van der Waals surface area contributed by atoms with Gasteiger partial charge in [-0.3, -0.25) is 0 Å². The fourth-order valence-corrected chi connectivity index (χ4v) is 2.61. The van der Waals surface area contributed by atoms with Gasteiger partial charge in [0.05, 0.1) is 5.56 Å². The van der Waals surface area contributed by atoms with E-state index in [1.807, 2.05) is 25.1 Å². The Balaban J connectivity index is 1.49. The number of rotatable bonds is 8. The molecule has 6 nitrogen and oxygen atoms in total. The van der Waals surface area contributed by atoms with E-state index in [1.54, 1.807) is 18.2 Å². The molecular weight excluding hydrogens is 330 g/mol. The van der Waals surface area contributed by atoms with E-state index in [-0.39, 0.29) is 0 Å². The summed E-state index contributed by atoms with van der Waals surface area (Å²) in [5.74, 6) is 0.351. The minimum atomic E-state index is -0.903. The van der Waals surface area contributed by atoms with Gasteiger partial charge in [0.2, 0.25) is 0 Å². The van der Waals surface area contributed by atoms with Gasteiger partial charge in [0.1, 0.15) is 0 Å². The van der Waals surface area contributed by atoms with E-state index in [0.29, 0.717) is 23.8 Å². The minimum Gasteiger partial charge on any atom is -0.478 e. The van der Waals surface area contributed by atoms with Gasteiger partial charge < -0.3 is 14.9 Å². The van der Waals surface area contributed by atoms with E-state index in [4.69, 9.17) is 9.63 Å². The van der Waals surface area contributed by atoms with Gasteiger partial charge in [0, 0.05) is 18.5 Å². The predicted molar refractivity (Wildman–Crippen MR) is 97.9 cm³/mol. The van der Waals surface area contributed by atoms with Crippen LogP contribution in [0.4, 0.5) is 0 Å². The topological polar surface area (TPSA) is 88.2 Å². The van der Waals surface area contributed by atoms with Crippen molar-refractivity contribution in [1.82, 2.24) is 15.5 Å². The lowest BCUT2D eigenvalue weighted by Crippen LogP contribution is -2.17. The fourth-order valence-electron chi connectivity index (χ4n) is 2.61. The molecule has 26 heavy (non-hydrogen) atoms. The highest BCUT2D eigenvalue weighted by Crippen LogP contribution is 2.18. The first-order valence-electron chi connectivity index (χ1n) is 8.60. The molecule has 0 aliphatic rings. The van der Waals surface area contributed by atoms with Crippen molar-refractivity contribution in [3.63, 3.8) is 0 Å². The third-order valence-corrected chi connectivity index (χ3v) is 4.08. The van der Waals surface area contributed by atoms with E-state index in [2.05, 4.69) is 27.6 Å². The Morgan fingerprint density at radius 1 is 1.15 bits per heavy atom. The van der Waals surface area contributed by atoms with Crippen LogP contribution in [0.25, 0.3) is 11.5 Å².